The second-order valence-corrected chi connectivity index (χ2v) is 3.47. The molecule has 0 heterocycles. The van der Waals surface area contributed by atoms with Crippen LogP contribution >= 0.6 is 0 Å². The Kier molecular flexibility index (Phi) is 3.87. The molecule has 0 spiro atoms. The fourth-order valence-corrected chi connectivity index (χ4v) is 1.59. The van der Waals surface area contributed by atoms with E-state index in [0.717, 1.165) is 6.08 Å². The van der Waals surface area contributed by atoms with Gasteiger partial charge in [-0.1, -0.05) is 24.8 Å². The standard InChI is InChI=1S/C12H11NO4/c1-3-11(15)12(8(2)14)9-6-4-5-7-10(9)13(16)17/h3-7,12H,1H2,2H3. The predicted octanol–water partition coefficient (Wildman–Crippen LogP) is 2.02. The largest absolute Gasteiger partial charge is 0.299 e. The maximum Gasteiger partial charge on any atom is 0.273 e. The van der Waals surface area contributed by atoms with E-state index in [-0.39, 0.29) is 11.3 Å². The molecule has 0 amide bonds. The summed E-state index contributed by atoms with van der Waals surface area (Å²) in [6.07, 6.45) is 1.00. The first-order chi connectivity index (χ1) is 7.99. The molecule has 0 saturated heterocycles. The first-order valence-corrected chi connectivity index (χ1v) is 4.89. The highest BCUT2D eigenvalue weighted by Gasteiger charge is 2.29. The summed E-state index contributed by atoms with van der Waals surface area (Å²) in [5, 5.41) is 10.8. The molecule has 0 bridgehead atoms. The van der Waals surface area contributed by atoms with Crippen LogP contribution in [-0.2, 0) is 9.59 Å². The average Bonchev–Trinajstić information content (AvgIpc) is 2.29. The number of benzene rings is 1. The third-order valence-electron chi connectivity index (χ3n) is 2.34. The van der Waals surface area contributed by atoms with Crippen LogP contribution < -0.4 is 0 Å². The number of ketones is 2. The SMILES string of the molecule is C=CC(=O)C(C(C)=O)c1ccccc1[N+](=O)[O-]. The van der Waals surface area contributed by atoms with Crippen molar-refractivity contribution >= 4 is 17.3 Å². The van der Waals surface area contributed by atoms with Gasteiger partial charge in [-0.15, -0.1) is 0 Å². The van der Waals surface area contributed by atoms with E-state index in [1.54, 1.807) is 6.07 Å². The molecule has 0 aliphatic heterocycles. The first kappa shape index (κ1) is 12.8. The maximum atomic E-state index is 11.6. The van der Waals surface area contributed by atoms with Crippen LogP contribution in [0.25, 0.3) is 0 Å². The summed E-state index contributed by atoms with van der Waals surface area (Å²) in [5.41, 5.74) is -0.127. The van der Waals surface area contributed by atoms with Crippen molar-refractivity contribution in [3.63, 3.8) is 0 Å². The van der Waals surface area contributed by atoms with E-state index in [4.69, 9.17) is 0 Å². The zero-order valence-electron chi connectivity index (χ0n) is 9.25. The lowest BCUT2D eigenvalue weighted by molar-refractivity contribution is -0.385. The molecule has 1 rings (SSSR count). The van der Waals surface area contributed by atoms with Gasteiger partial charge in [-0.05, 0) is 13.0 Å². The van der Waals surface area contributed by atoms with Gasteiger partial charge in [0, 0.05) is 11.6 Å². The van der Waals surface area contributed by atoms with Gasteiger partial charge in [-0.3, -0.25) is 19.7 Å². The maximum absolute atomic E-state index is 11.6. The molecular weight excluding hydrogens is 222 g/mol. The van der Waals surface area contributed by atoms with E-state index in [1.165, 1.54) is 25.1 Å². The summed E-state index contributed by atoms with van der Waals surface area (Å²) < 4.78 is 0. The van der Waals surface area contributed by atoms with Crippen LogP contribution in [0.2, 0.25) is 0 Å². The van der Waals surface area contributed by atoms with E-state index < -0.39 is 22.4 Å². The third-order valence-corrected chi connectivity index (χ3v) is 2.34. The molecular formula is C12H11NO4. The number of nitro benzene ring substituents is 1. The van der Waals surface area contributed by atoms with Crippen LogP contribution in [0.15, 0.2) is 36.9 Å². The zero-order valence-corrected chi connectivity index (χ0v) is 9.25. The number of Topliss-reactive ketones (excluding diaryl/α,β-unsaturated/α-hetero) is 1. The quantitative estimate of drug-likeness (QED) is 0.337. The summed E-state index contributed by atoms with van der Waals surface area (Å²) >= 11 is 0. The molecule has 0 aliphatic rings. The van der Waals surface area contributed by atoms with Crippen molar-refractivity contribution in [2.75, 3.05) is 0 Å². The number of carbonyl (C=O) groups is 2. The first-order valence-electron chi connectivity index (χ1n) is 4.89. The fraction of sp³-hybridized carbons (Fsp3) is 0.167. The Labute approximate surface area is 97.9 Å². The Morgan fingerprint density at radius 3 is 2.47 bits per heavy atom. The molecule has 5 nitrogen and oxygen atoms in total. The Bertz CT molecular complexity index is 493. The minimum atomic E-state index is -1.14. The summed E-state index contributed by atoms with van der Waals surface area (Å²) in [5.74, 6) is -2.12. The van der Waals surface area contributed by atoms with Crippen molar-refractivity contribution in [1.29, 1.82) is 0 Å². The van der Waals surface area contributed by atoms with Gasteiger partial charge >= 0.3 is 0 Å². The molecule has 0 fully saturated rings. The summed E-state index contributed by atoms with van der Waals surface area (Å²) in [4.78, 5) is 33.2. The van der Waals surface area contributed by atoms with Gasteiger partial charge in [0.25, 0.3) is 5.69 Å². The molecule has 1 unspecified atom stereocenters. The van der Waals surface area contributed by atoms with Gasteiger partial charge < -0.3 is 0 Å². The van der Waals surface area contributed by atoms with Gasteiger partial charge in [-0.2, -0.15) is 0 Å². The Morgan fingerprint density at radius 2 is 2.00 bits per heavy atom. The fourth-order valence-electron chi connectivity index (χ4n) is 1.59. The van der Waals surface area contributed by atoms with E-state index >= 15 is 0 Å². The highest BCUT2D eigenvalue weighted by Crippen LogP contribution is 2.28. The number of carbonyl (C=O) groups excluding carboxylic acids is 2. The minimum absolute atomic E-state index is 0.106. The van der Waals surface area contributed by atoms with Crippen LogP contribution in [0.4, 0.5) is 5.69 Å². The smallest absolute Gasteiger partial charge is 0.273 e. The number of hydrogen-bond acceptors (Lipinski definition) is 4. The molecule has 1 aromatic rings. The number of allylic oxidation sites excluding steroid dienone is 1. The molecule has 0 saturated carbocycles. The van der Waals surface area contributed by atoms with E-state index in [1.807, 2.05) is 0 Å². The van der Waals surface area contributed by atoms with Crippen LogP contribution in [0.1, 0.15) is 18.4 Å². The van der Waals surface area contributed by atoms with Crippen LogP contribution in [0.3, 0.4) is 0 Å². The summed E-state index contributed by atoms with van der Waals surface area (Å²) in [6.45, 7) is 4.52. The zero-order chi connectivity index (χ0) is 13.0. The molecule has 88 valence electrons. The number of nitrogens with zero attached hydrogens (tertiary/aromatic N) is 1. The monoisotopic (exact) mass is 233 g/mol. The minimum Gasteiger partial charge on any atom is -0.299 e. The lowest BCUT2D eigenvalue weighted by atomic mass is 9.90. The second kappa shape index (κ2) is 5.16. The van der Waals surface area contributed by atoms with Crippen molar-refractivity contribution in [3.8, 4) is 0 Å². The normalized spacial score (nSPS) is 11.6. The number of hydrogen-bond donors (Lipinski definition) is 0. The molecule has 1 atom stereocenters. The Balaban J connectivity index is 3.38. The molecule has 17 heavy (non-hydrogen) atoms. The molecule has 0 aliphatic carbocycles. The van der Waals surface area contributed by atoms with Gasteiger partial charge in [0.2, 0.25) is 0 Å². The topological polar surface area (TPSA) is 77.3 Å². The van der Waals surface area contributed by atoms with Gasteiger partial charge in [0.1, 0.15) is 11.7 Å². The van der Waals surface area contributed by atoms with E-state index in [0.29, 0.717) is 0 Å². The van der Waals surface area contributed by atoms with E-state index in [2.05, 4.69) is 6.58 Å². The van der Waals surface area contributed by atoms with Crippen molar-refractivity contribution < 1.29 is 14.5 Å². The molecule has 5 heteroatoms. The molecule has 1 aromatic carbocycles. The average molecular weight is 233 g/mol. The lowest BCUT2D eigenvalue weighted by Crippen LogP contribution is -2.19. The van der Waals surface area contributed by atoms with Gasteiger partial charge in [-0.25, -0.2) is 0 Å². The van der Waals surface area contributed by atoms with Crippen molar-refractivity contribution in [3.05, 3.63) is 52.6 Å². The van der Waals surface area contributed by atoms with Crippen LogP contribution in [0.5, 0.6) is 0 Å². The summed E-state index contributed by atoms with van der Waals surface area (Å²) in [6, 6.07) is 5.71. The second-order valence-electron chi connectivity index (χ2n) is 3.47. The lowest BCUT2D eigenvalue weighted by Gasteiger charge is -2.10. The van der Waals surface area contributed by atoms with E-state index in [9.17, 15) is 19.7 Å². The number of para-hydroxylation sites is 1. The Hall–Kier alpha value is -2.30. The molecule has 0 radical (unpaired) electrons. The van der Waals surface area contributed by atoms with Crippen molar-refractivity contribution in [2.24, 2.45) is 0 Å². The predicted molar refractivity (Wildman–Crippen MR) is 61.7 cm³/mol. The van der Waals surface area contributed by atoms with Crippen LogP contribution in [0, 0.1) is 10.1 Å². The van der Waals surface area contributed by atoms with Crippen molar-refractivity contribution in [2.45, 2.75) is 12.8 Å². The third kappa shape index (κ3) is 2.63. The highest BCUT2D eigenvalue weighted by atomic mass is 16.6. The van der Waals surface area contributed by atoms with Gasteiger partial charge in [0.05, 0.1) is 4.92 Å². The number of nitro groups is 1. The van der Waals surface area contributed by atoms with Crippen LogP contribution in [-0.4, -0.2) is 16.5 Å². The highest BCUT2D eigenvalue weighted by molar-refractivity contribution is 6.11. The summed E-state index contributed by atoms with van der Waals surface area (Å²) in [7, 11) is 0. The van der Waals surface area contributed by atoms with Crippen molar-refractivity contribution in [1.82, 2.24) is 0 Å². The van der Waals surface area contributed by atoms with Gasteiger partial charge in [0.15, 0.2) is 5.78 Å². The molecule has 0 N–H and O–H groups in total. The number of rotatable bonds is 5. The molecule has 0 aromatic heterocycles. The Morgan fingerprint density at radius 1 is 1.41 bits per heavy atom.